The summed E-state index contributed by atoms with van der Waals surface area (Å²) in [6.45, 7) is 5.60. The molecule has 2 aromatic heterocycles. The van der Waals surface area contributed by atoms with Crippen molar-refractivity contribution in [2.75, 3.05) is 16.8 Å². The zero-order valence-electron chi connectivity index (χ0n) is 18.3. The van der Waals surface area contributed by atoms with Crippen molar-refractivity contribution >= 4 is 29.2 Å². The molecule has 8 nitrogen and oxygen atoms in total. The third-order valence-corrected chi connectivity index (χ3v) is 5.64. The molecule has 0 fully saturated rings. The molecule has 4 rings (SSSR count). The predicted molar refractivity (Wildman–Crippen MR) is 119 cm³/mol. The maximum atomic E-state index is 13.0. The van der Waals surface area contributed by atoms with Crippen LogP contribution in [0.25, 0.3) is 0 Å². The third kappa shape index (κ3) is 4.16. The lowest BCUT2D eigenvalue weighted by atomic mass is 10.1. The molecule has 1 aliphatic rings. The van der Waals surface area contributed by atoms with Gasteiger partial charge in [-0.15, -0.1) is 0 Å². The minimum Gasteiger partial charge on any atom is -0.467 e. The van der Waals surface area contributed by atoms with Crippen molar-refractivity contribution in [1.82, 2.24) is 4.57 Å². The summed E-state index contributed by atoms with van der Waals surface area (Å²) in [4.78, 5) is 39.4. The molecule has 8 heteroatoms. The Bertz CT molecular complexity index is 1160. The van der Waals surface area contributed by atoms with Gasteiger partial charge >= 0.3 is 5.97 Å². The van der Waals surface area contributed by atoms with Gasteiger partial charge in [0.05, 0.1) is 29.7 Å². The molecule has 0 aliphatic carbocycles. The molecule has 166 valence electrons. The molecule has 0 spiro atoms. The van der Waals surface area contributed by atoms with Crippen LogP contribution in [0.1, 0.15) is 40.9 Å². The molecule has 0 saturated heterocycles. The topological polar surface area (TPSA) is 93.8 Å². The number of fused-ring (bicyclic) bond motifs is 1. The number of carbonyl (C=O) groups is 3. The van der Waals surface area contributed by atoms with E-state index in [1.807, 2.05) is 30.5 Å². The van der Waals surface area contributed by atoms with Crippen LogP contribution in [-0.2, 0) is 20.9 Å². The Morgan fingerprint density at radius 2 is 1.97 bits per heavy atom. The van der Waals surface area contributed by atoms with Crippen molar-refractivity contribution in [2.24, 2.45) is 0 Å². The van der Waals surface area contributed by atoms with Crippen LogP contribution in [0.3, 0.4) is 0 Å². The van der Waals surface area contributed by atoms with Crippen LogP contribution in [0.4, 0.5) is 11.4 Å². The molecule has 2 amide bonds. The van der Waals surface area contributed by atoms with E-state index in [4.69, 9.17) is 9.15 Å². The number of amides is 2. The van der Waals surface area contributed by atoms with E-state index >= 15 is 0 Å². The second kappa shape index (κ2) is 8.74. The number of hydrogen-bond acceptors (Lipinski definition) is 5. The molecule has 0 saturated carbocycles. The van der Waals surface area contributed by atoms with Crippen LogP contribution < -0.4 is 10.2 Å². The number of nitrogens with one attached hydrogen (secondary N) is 1. The highest BCUT2D eigenvalue weighted by molar-refractivity contribution is 6.05. The molecule has 0 radical (unpaired) electrons. The highest BCUT2D eigenvalue weighted by atomic mass is 16.5. The minimum absolute atomic E-state index is 0.155. The zero-order chi connectivity index (χ0) is 22.8. The molecule has 32 heavy (non-hydrogen) atoms. The number of anilines is 2. The van der Waals surface area contributed by atoms with Crippen molar-refractivity contribution in [3.8, 4) is 0 Å². The largest absolute Gasteiger partial charge is 0.467 e. The maximum Gasteiger partial charge on any atom is 0.340 e. The van der Waals surface area contributed by atoms with Crippen molar-refractivity contribution in [1.29, 1.82) is 0 Å². The number of benzene rings is 1. The van der Waals surface area contributed by atoms with E-state index in [-0.39, 0.29) is 24.3 Å². The SMILES string of the molecule is Cc1cc(C(=O)OCC(=O)N2c3ccccc3NC(=O)C[C@H]2C)c(C)n1Cc1ccco1. The van der Waals surface area contributed by atoms with E-state index in [0.717, 1.165) is 17.1 Å². The fourth-order valence-corrected chi connectivity index (χ4v) is 4.05. The van der Waals surface area contributed by atoms with Crippen molar-refractivity contribution in [3.05, 3.63) is 71.4 Å². The van der Waals surface area contributed by atoms with Gasteiger partial charge in [-0.05, 0) is 51.1 Å². The number of para-hydroxylation sites is 2. The van der Waals surface area contributed by atoms with Crippen LogP contribution in [0.5, 0.6) is 0 Å². The number of nitrogens with zero attached hydrogens (tertiary/aromatic N) is 2. The molecule has 0 bridgehead atoms. The van der Waals surface area contributed by atoms with Crippen LogP contribution in [-0.4, -0.2) is 35.0 Å². The number of hydrogen-bond donors (Lipinski definition) is 1. The summed E-state index contributed by atoms with van der Waals surface area (Å²) in [6, 6.07) is 12.1. The molecular weight excluding hydrogens is 410 g/mol. The number of furan rings is 1. The Labute approximate surface area is 185 Å². The zero-order valence-corrected chi connectivity index (χ0v) is 18.3. The van der Waals surface area contributed by atoms with E-state index in [2.05, 4.69) is 5.32 Å². The van der Waals surface area contributed by atoms with Crippen molar-refractivity contribution in [2.45, 2.75) is 39.8 Å². The molecule has 0 unspecified atom stereocenters. The molecule has 3 heterocycles. The number of ether oxygens (including phenoxy) is 1. The molecule has 1 aliphatic heterocycles. The lowest BCUT2D eigenvalue weighted by Crippen LogP contribution is -2.41. The van der Waals surface area contributed by atoms with Gasteiger partial charge in [0.15, 0.2) is 6.61 Å². The van der Waals surface area contributed by atoms with Crippen LogP contribution >= 0.6 is 0 Å². The third-order valence-electron chi connectivity index (χ3n) is 5.64. The normalized spacial score (nSPS) is 15.7. The Morgan fingerprint density at radius 1 is 1.19 bits per heavy atom. The van der Waals surface area contributed by atoms with Gasteiger partial charge in [0.1, 0.15) is 5.76 Å². The lowest BCUT2D eigenvalue weighted by molar-refractivity contribution is -0.122. The number of esters is 1. The smallest absolute Gasteiger partial charge is 0.340 e. The van der Waals surface area contributed by atoms with Crippen molar-refractivity contribution < 1.29 is 23.5 Å². The first-order valence-electron chi connectivity index (χ1n) is 10.4. The second-order valence-electron chi connectivity index (χ2n) is 7.91. The Balaban J connectivity index is 1.49. The van der Waals surface area contributed by atoms with Gasteiger partial charge in [-0.2, -0.15) is 0 Å². The summed E-state index contributed by atoms with van der Waals surface area (Å²) in [5, 5.41) is 2.81. The van der Waals surface area contributed by atoms with Crippen LogP contribution in [0, 0.1) is 13.8 Å². The summed E-state index contributed by atoms with van der Waals surface area (Å²) < 4.78 is 12.7. The Hall–Kier alpha value is -3.81. The number of aromatic nitrogens is 1. The minimum atomic E-state index is -0.567. The maximum absolute atomic E-state index is 13.0. The molecular formula is C24H25N3O5. The van der Waals surface area contributed by atoms with Gasteiger partial charge in [0.2, 0.25) is 5.91 Å². The van der Waals surface area contributed by atoms with Gasteiger partial charge in [-0.25, -0.2) is 4.79 Å². The Morgan fingerprint density at radius 3 is 2.72 bits per heavy atom. The fourth-order valence-electron chi connectivity index (χ4n) is 4.05. The lowest BCUT2D eigenvalue weighted by Gasteiger charge is -2.27. The molecule has 1 aromatic carbocycles. The van der Waals surface area contributed by atoms with Crippen LogP contribution in [0.15, 0.2) is 53.1 Å². The van der Waals surface area contributed by atoms with Gasteiger partial charge in [0, 0.05) is 23.9 Å². The second-order valence-corrected chi connectivity index (χ2v) is 7.91. The monoisotopic (exact) mass is 435 g/mol. The van der Waals surface area contributed by atoms with E-state index in [1.54, 1.807) is 43.5 Å². The van der Waals surface area contributed by atoms with Crippen LogP contribution in [0.2, 0.25) is 0 Å². The van der Waals surface area contributed by atoms with E-state index in [0.29, 0.717) is 23.5 Å². The summed E-state index contributed by atoms with van der Waals surface area (Å²) in [7, 11) is 0. The number of aryl methyl sites for hydroxylation is 1. The molecule has 3 aromatic rings. The highest BCUT2D eigenvalue weighted by Gasteiger charge is 2.30. The van der Waals surface area contributed by atoms with Crippen molar-refractivity contribution in [3.63, 3.8) is 0 Å². The molecule has 1 N–H and O–H groups in total. The van der Waals surface area contributed by atoms with E-state index in [1.165, 1.54) is 4.90 Å². The first-order chi connectivity index (χ1) is 15.3. The average molecular weight is 435 g/mol. The van der Waals surface area contributed by atoms with Gasteiger partial charge in [-0.3, -0.25) is 9.59 Å². The summed E-state index contributed by atoms with van der Waals surface area (Å²) >= 11 is 0. The van der Waals surface area contributed by atoms with Gasteiger partial charge in [-0.1, -0.05) is 12.1 Å². The quantitative estimate of drug-likeness (QED) is 0.617. The average Bonchev–Trinajstić information content (AvgIpc) is 3.33. The Kier molecular flexibility index (Phi) is 5.85. The molecule has 1 atom stereocenters. The number of rotatable bonds is 5. The highest BCUT2D eigenvalue weighted by Crippen LogP contribution is 2.31. The number of carbonyl (C=O) groups excluding carboxylic acids is 3. The first-order valence-corrected chi connectivity index (χ1v) is 10.4. The summed E-state index contributed by atoms with van der Waals surface area (Å²) in [5.41, 5.74) is 3.17. The standard InChI is InChI=1S/C24H25N3O5/c1-15-11-19(17(3)26(15)13-18-7-6-10-31-18)24(30)32-14-23(29)27-16(2)12-22(28)25-20-8-4-5-9-21(20)27/h4-11,16H,12-14H2,1-3H3,(H,25,28)/t16-/m1/s1. The fraction of sp³-hybridized carbons (Fsp3) is 0.292. The van der Waals surface area contributed by atoms with Gasteiger partial charge in [0.25, 0.3) is 5.91 Å². The predicted octanol–water partition coefficient (Wildman–Crippen LogP) is 3.67. The van der Waals surface area contributed by atoms with E-state index < -0.39 is 12.6 Å². The van der Waals surface area contributed by atoms with E-state index in [9.17, 15) is 14.4 Å². The first kappa shape index (κ1) is 21.4. The van der Waals surface area contributed by atoms with Gasteiger partial charge < -0.3 is 23.9 Å². The summed E-state index contributed by atoms with van der Waals surface area (Å²) in [5.74, 6) is -0.346. The summed E-state index contributed by atoms with van der Waals surface area (Å²) in [6.07, 6.45) is 1.76.